The van der Waals surface area contributed by atoms with Gasteiger partial charge in [0, 0.05) is 10.4 Å². The van der Waals surface area contributed by atoms with Gasteiger partial charge in [0.1, 0.15) is 11.5 Å². The van der Waals surface area contributed by atoms with E-state index in [-0.39, 0.29) is 0 Å². The largest absolute Gasteiger partial charge is 0.457 e. The van der Waals surface area contributed by atoms with Crippen LogP contribution in [0.3, 0.4) is 0 Å². The maximum absolute atomic E-state index is 12.1. The fourth-order valence-corrected chi connectivity index (χ4v) is 3.33. The van der Waals surface area contributed by atoms with Crippen LogP contribution in [0.25, 0.3) is 6.08 Å². The summed E-state index contributed by atoms with van der Waals surface area (Å²) >= 11 is 1.57. The number of carbonyl (C=O) groups is 1. The van der Waals surface area contributed by atoms with Gasteiger partial charge >= 0.3 is 5.97 Å². The van der Waals surface area contributed by atoms with Crippen molar-refractivity contribution in [3.8, 4) is 11.5 Å². The van der Waals surface area contributed by atoms with E-state index in [2.05, 4.69) is 4.99 Å². The second kappa shape index (κ2) is 6.98. The zero-order chi connectivity index (χ0) is 17.9. The molecule has 0 atom stereocenters. The topological polar surface area (TPSA) is 47.9 Å². The van der Waals surface area contributed by atoms with Crippen molar-refractivity contribution in [3.63, 3.8) is 0 Å². The van der Waals surface area contributed by atoms with Crippen molar-refractivity contribution in [2.45, 2.75) is 6.92 Å². The molecule has 0 saturated carbocycles. The van der Waals surface area contributed by atoms with Gasteiger partial charge in [-0.1, -0.05) is 18.2 Å². The number of aryl methyl sites for hydroxylation is 1. The highest BCUT2D eigenvalue weighted by molar-refractivity contribution is 7.11. The maximum atomic E-state index is 12.1. The van der Waals surface area contributed by atoms with Crippen molar-refractivity contribution in [2.24, 2.45) is 4.99 Å². The van der Waals surface area contributed by atoms with Crippen LogP contribution in [0.2, 0.25) is 0 Å². The highest BCUT2D eigenvalue weighted by atomic mass is 32.1. The molecule has 0 N–H and O–H groups in total. The lowest BCUT2D eigenvalue weighted by Crippen LogP contribution is -2.05. The summed E-state index contributed by atoms with van der Waals surface area (Å²) in [6, 6.07) is 18.8. The molecule has 0 fully saturated rings. The second-order valence-electron chi connectivity index (χ2n) is 5.74. The molecule has 0 unspecified atom stereocenters. The van der Waals surface area contributed by atoms with E-state index in [9.17, 15) is 4.79 Å². The van der Waals surface area contributed by atoms with Crippen molar-refractivity contribution in [1.29, 1.82) is 0 Å². The van der Waals surface area contributed by atoms with Crippen LogP contribution in [-0.2, 0) is 9.53 Å². The smallest absolute Gasteiger partial charge is 0.363 e. The molecule has 26 heavy (non-hydrogen) atoms. The number of cyclic esters (lactones) is 1. The highest BCUT2D eigenvalue weighted by Crippen LogP contribution is 2.25. The Balaban J connectivity index is 1.54. The number of carbonyl (C=O) groups excluding carboxylic acids is 1. The minimum absolute atomic E-state index is 0.307. The number of esters is 1. The van der Waals surface area contributed by atoms with Gasteiger partial charge in [-0.2, -0.15) is 0 Å². The number of rotatable bonds is 4. The van der Waals surface area contributed by atoms with Gasteiger partial charge in [0.15, 0.2) is 5.70 Å². The van der Waals surface area contributed by atoms with Crippen LogP contribution in [0.5, 0.6) is 11.5 Å². The van der Waals surface area contributed by atoms with E-state index < -0.39 is 5.97 Å². The molecule has 0 saturated heterocycles. The minimum atomic E-state index is -0.433. The van der Waals surface area contributed by atoms with Crippen molar-refractivity contribution >= 4 is 29.3 Å². The summed E-state index contributed by atoms with van der Waals surface area (Å²) < 4.78 is 11.1. The van der Waals surface area contributed by atoms with E-state index in [0.717, 1.165) is 21.8 Å². The molecule has 4 nitrogen and oxygen atoms in total. The summed E-state index contributed by atoms with van der Waals surface area (Å²) in [6.07, 6.45) is 1.77. The van der Waals surface area contributed by atoms with Crippen LogP contribution in [0.4, 0.5) is 0 Å². The van der Waals surface area contributed by atoms with Crippen molar-refractivity contribution in [1.82, 2.24) is 0 Å². The minimum Gasteiger partial charge on any atom is -0.457 e. The Kier molecular flexibility index (Phi) is 4.37. The normalized spacial score (nSPS) is 15.0. The van der Waals surface area contributed by atoms with Crippen molar-refractivity contribution < 1.29 is 14.3 Å². The first-order valence-corrected chi connectivity index (χ1v) is 8.97. The standard InChI is InChI=1S/C21H15NO3S/c1-14-11-12-26-19(14)13-18-21(23)25-20(22-18)15-7-9-17(10-8-15)24-16-5-3-2-4-6-16/h2-13H,1H3/b18-13-. The van der Waals surface area contributed by atoms with Crippen LogP contribution in [0.1, 0.15) is 16.0 Å². The first-order valence-electron chi connectivity index (χ1n) is 8.09. The Morgan fingerprint density at radius 3 is 2.42 bits per heavy atom. The molecule has 0 spiro atoms. The molecule has 0 bridgehead atoms. The summed E-state index contributed by atoms with van der Waals surface area (Å²) in [7, 11) is 0. The van der Waals surface area contributed by atoms with Gasteiger partial charge in [-0.05, 0) is 66.4 Å². The number of hydrogen-bond acceptors (Lipinski definition) is 5. The Labute approximate surface area is 155 Å². The fourth-order valence-electron chi connectivity index (χ4n) is 2.48. The lowest BCUT2D eigenvalue weighted by atomic mass is 10.2. The SMILES string of the molecule is Cc1ccsc1/C=C1\N=C(c2ccc(Oc3ccccc3)cc2)OC1=O. The third-order valence-corrected chi connectivity index (χ3v) is 4.84. The maximum Gasteiger partial charge on any atom is 0.363 e. The molecular weight excluding hydrogens is 346 g/mol. The molecule has 2 heterocycles. The molecule has 0 amide bonds. The molecule has 2 aromatic carbocycles. The lowest BCUT2D eigenvalue weighted by molar-refractivity contribution is -0.129. The molecule has 0 aliphatic carbocycles. The van der Waals surface area contributed by atoms with E-state index in [4.69, 9.17) is 9.47 Å². The van der Waals surface area contributed by atoms with Crippen LogP contribution in [-0.4, -0.2) is 11.9 Å². The number of benzene rings is 2. The Morgan fingerprint density at radius 1 is 1.00 bits per heavy atom. The van der Waals surface area contributed by atoms with Gasteiger partial charge in [0.05, 0.1) is 0 Å². The second-order valence-corrected chi connectivity index (χ2v) is 6.69. The number of para-hydroxylation sites is 1. The Bertz CT molecular complexity index is 1000. The first kappa shape index (κ1) is 16.3. The highest BCUT2D eigenvalue weighted by Gasteiger charge is 2.24. The van der Waals surface area contributed by atoms with E-state index in [0.29, 0.717) is 17.3 Å². The van der Waals surface area contributed by atoms with Gasteiger partial charge in [0.25, 0.3) is 0 Å². The molecule has 5 heteroatoms. The van der Waals surface area contributed by atoms with E-state index in [1.165, 1.54) is 0 Å². The fraction of sp³-hybridized carbons (Fsp3) is 0.0476. The monoisotopic (exact) mass is 361 g/mol. The van der Waals surface area contributed by atoms with Gasteiger partial charge < -0.3 is 9.47 Å². The molecular formula is C21H15NO3S. The third-order valence-electron chi connectivity index (χ3n) is 3.87. The summed E-state index contributed by atoms with van der Waals surface area (Å²) in [5, 5.41) is 1.98. The zero-order valence-electron chi connectivity index (χ0n) is 14.0. The quantitative estimate of drug-likeness (QED) is 0.474. The van der Waals surface area contributed by atoms with Crippen LogP contribution in [0, 0.1) is 6.92 Å². The molecule has 1 aliphatic rings. The zero-order valence-corrected chi connectivity index (χ0v) is 14.8. The average molecular weight is 361 g/mol. The van der Waals surface area contributed by atoms with E-state index >= 15 is 0 Å². The lowest BCUT2D eigenvalue weighted by Gasteiger charge is -2.06. The number of aliphatic imine (C=N–C) groups is 1. The third kappa shape index (κ3) is 3.43. The van der Waals surface area contributed by atoms with Crippen LogP contribution >= 0.6 is 11.3 Å². The number of nitrogens with zero attached hydrogens (tertiary/aromatic N) is 1. The van der Waals surface area contributed by atoms with Gasteiger partial charge in [-0.3, -0.25) is 0 Å². The van der Waals surface area contributed by atoms with E-state index in [1.54, 1.807) is 17.4 Å². The summed E-state index contributed by atoms with van der Waals surface area (Å²) in [5.74, 6) is 1.34. The number of hydrogen-bond donors (Lipinski definition) is 0. The number of thiophene rings is 1. The summed E-state index contributed by atoms with van der Waals surface area (Å²) in [5.41, 5.74) is 2.15. The molecule has 0 radical (unpaired) electrons. The Morgan fingerprint density at radius 2 is 1.73 bits per heavy atom. The van der Waals surface area contributed by atoms with Gasteiger partial charge in [-0.15, -0.1) is 11.3 Å². The van der Waals surface area contributed by atoms with Gasteiger partial charge in [-0.25, -0.2) is 9.79 Å². The summed E-state index contributed by atoms with van der Waals surface area (Å²) in [6.45, 7) is 2.00. The molecule has 4 rings (SSSR count). The Hall–Kier alpha value is -3.18. The van der Waals surface area contributed by atoms with Crippen LogP contribution in [0.15, 0.2) is 76.7 Å². The van der Waals surface area contributed by atoms with Crippen LogP contribution < -0.4 is 4.74 Å². The predicted molar refractivity (Wildman–Crippen MR) is 103 cm³/mol. The molecule has 1 aliphatic heterocycles. The van der Waals surface area contributed by atoms with Crippen molar-refractivity contribution in [3.05, 3.63) is 87.7 Å². The molecule has 1 aromatic heterocycles. The van der Waals surface area contributed by atoms with E-state index in [1.807, 2.05) is 73.0 Å². The molecule has 128 valence electrons. The average Bonchev–Trinajstić information content (AvgIpc) is 3.23. The predicted octanol–water partition coefficient (Wildman–Crippen LogP) is 5.19. The van der Waals surface area contributed by atoms with Gasteiger partial charge in [0.2, 0.25) is 5.90 Å². The van der Waals surface area contributed by atoms with Crippen molar-refractivity contribution in [2.75, 3.05) is 0 Å². The number of ether oxygens (including phenoxy) is 2. The molecule has 3 aromatic rings. The first-order chi connectivity index (χ1) is 12.7. The summed E-state index contributed by atoms with van der Waals surface area (Å²) in [4.78, 5) is 17.4.